The molecule has 1 saturated carbocycles. The van der Waals surface area contributed by atoms with Crippen LogP contribution in [0.1, 0.15) is 37.7 Å². The smallest absolute Gasteiger partial charge is 0.294 e. The Bertz CT molecular complexity index is 1530. The van der Waals surface area contributed by atoms with Crippen molar-refractivity contribution in [1.82, 2.24) is 4.31 Å². The number of phenols is 1. The summed E-state index contributed by atoms with van der Waals surface area (Å²) in [5.41, 5.74) is 7.11. The third-order valence-electron chi connectivity index (χ3n) is 6.49. The molecule has 0 radical (unpaired) electrons. The molecule has 1 aliphatic carbocycles. The van der Waals surface area contributed by atoms with Gasteiger partial charge in [-0.05, 0) is 42.0 Å². The zero-order valence-electron chi connectivity index (χ0n) is 19.7. The van der Waals surface area contributed by atoms with Gasteiger partial charge < -0.3 is 10.8 Å². The Balaban J connectivity index is 1.69. The van der Waals surface area contributed by atoms with Crippen molar-refractivity contribution in [3.05, 3.63) is 54.1 Å². The van der Waals surface area contributed by atoms with Crippen molar-refractivity contribution in [3.8, 4) is 5.75 Å². The quantitative estimate of drug-likeness (QED) is 0.222. The molecular weight excluding hydrogens is 504 g/mol. The number of nitrogen functional groups attached to an aromatic ring is 1. The molecule has 12 heteroatoms. The van der Waals surface area contributed by atoms with E-state index in [9.17, 15) is 26.5 Å². The first-order chi connectivity index (χ1) is 17.0. The predicted octanol–water partition coefficient (Wildman–Crippen LogP) is 4.88. The number of nitrogens with zero attached hydrogens (tertiary/aromatic N) is 3. The number of nitrogens with two attached hydrogens (primary N) is 1. The molecule has 0 saturated heterocycles. The summed E-state index contributed by atoms with van der Waals surface area (Å²) in [6, 6.07) is 11.8. The minimum Gasteiger partial charge on any atom is -0.507 e. The maximum absolute atomic E-state index is 13.1. The van der Waals surface area contributed by atoms with Crippen molar-refractivity contribution >= 4 is 48.0 Å². The molecule has 1 fully saturated rings. The van der Waals surface area contributed by atoms with E-state index in [1.807, 2.05) is 0 Å². The van der Waals surface area contributed by atoms with Crippen LogP contribution in [0.15, 0.2) is 63.7 Å². The molecule has 192 valence electrons. The third-order valence-corrected chi connectivity index (χ3v) is 9.17. The second-order valence-electron chi connectivity index (χ2n) is 8.91. The fourth-order valence-corrected chi connectivity index (χ4v) is 6.52. The number of hydrogen-bond donors (Lipinski definition) is 3. The highest BCUT2D eigenvalue weighted by atomic mass is 32.2. The van der Waals surface area contributed by atoms with E-state index < -0.39 is 30.8 Å². The van der Waals surface area contributed by atoms with E-state index in [0.29, 0.717) is 11.3 Å². The SMILES string of the molecule is CN(C1CCCCC1)S(=O)(=O)Cc1ccccc1N=Nc1c(N)ccc2cc(S(=O)(=O)O)cc(O)c12. The van der Waals surface area contributed by atoms with Gasteiger partial charge >= 0.3 is 0 Å². The van der Waals surface area contributed by atoms with Gasteiger partial charge in [-0.3, -0.25) is 4.55 Å². The Morgan fingerprint density at radius 1 is 1.00 bits per heavy atom. The van der Waals surface area contributed by atoms with Crippen LogP contribution in [0.5, 0.6) is 5.75 Å². The average Bonchev–Trinajstić information content (AvgIpc) is 2.83. The molecule has 10 nitrogen and oxygen atoms in total. The minimum atomic E-state index is -4.54. The number of aromatic hydroxyl groups is 1. The Hall–Kier alpha value is -3.06. The Labute approximate surface area is 210 Å². The van der Waals surface area contributed by atoms with Crippen LogP contribution in [0.4, 0.5) is 17.1 Å². The second kappa shape index (κ2) is 10.1. The Morgan fingerprint density at radius 3 is 2.39 bits per heavy atom. The van der Waals surface area contributed by atoms with E-state index in [1.165, 1.54) is 22.5 Å². The molecular formula is C24H28N4O6S2. The summed E-state index contributed by atoms with van der Waals surface area (Å²) in [6.45, 7) is 0. The molecule has 0 amide bonds. The zero-order chi connectivity index (χ0) is 26.1. The summed E-state index contributed by atoms with van der Waals surface area (Å²) in [7, 11) is -6.52. The lowest BCUT2D eigenvalue weighted by Gasteiger charge is -2.30. The minimum absolute atomic E-state index is 0.0105. The van der Waals surface area contributed by atoms with Crippen LogP contribution in [0.25, 0.3) is 10.8 Å². The second-order valence-corrected chi connectivity index (χ2v) is 12.4. The summed E-state index contributed by atoms with van der Waals surface area (Å²) >= 11 is 0. The van der Waals surface area contributed by atoms with Gasteiger partial charge in [-0.15, -0.1) is 5.11 Å². The average molecular weight is 533 g/mol. The first-order valence-electron chi connectivity index (χ1n) is 11.5. The number of phenolic OH excluding ortho intramolecular Hbond substituents is 1. The molecule has 4 rings (SSSR count). The molecule has 0 atom stereocenters. The van der Waals surface area contributed by atoms with Gasteiger partial charge in [0, 0.05) is 19.2 Å². The molecule has 3 aromatic rings. The summed E-state index contributed by atoms with van der Waals surface area (Å²) in [6.07, 6.45) is 4.85. The van der Waals surface area contributed by atoms with Crippen LogP contribution >= 0.6 is 0 Å². The lowest BCUT2D eigenvalue weighted by Crippen LogP contribution is -2.38. The van der Waals surface area contributed by atoms with Gasteiger partial charge in [0.1, 0.15) is 11.4 Å². The lowest BCUT2D eigenvalue weighted by atomic mass is 9.96. The van der Waals surface area contributed by atoms with Gasteiger partial charge in [-0.2, -0.15) is 13.5 Å². The summed E-state index contributed by atoms with van der Waals surface area (Å²) < 4.78 is 60.1. The number of hydrogen-bond acceptors (Lipinski definition) is 8. The van der Waals surface area contributed by atoms with Crippen molar-refractivity contribution < 1.29 is 26.5 Å². The summed E-state index contributed by atoms with van der Waals surface area (Å²) in [5, 5.41) is 19.4. The highest BCUT2D eigenvalue weighted by molar-refractivity contribution is 7.88. The monoisotopic (exact) mass is 532 g/mol. The highest BCUT2D eigenvalue weighted by Gasteiger charge is 2.28. The standard InChI is InChI=1S/C24H28N4O6S2/c1-28(18-8-3-2-4-9-18)35(30,31)15-17-7-5-6-10-21(17)26-27-24-20(25)12-11-16-13-19(36(32,33)34)14-22(29)23(16)24/h5-7,10-14,18,29H,2-4,8-9,15,25H2,1H3,(H,32,33,34). The largest absolute Gasteiger partial charge is 0.507 e. The number of rotatable bonds is 7. The lowest BCUT2D eigenvalue weighted by molar-refractivity contribution is 0.285. The number of fused-ring (bicyclic) bond motifs is 1. The highest BCUT2D eigenvalue weighted by Crippen LogP contribution is 2.40. The van der Waals surface area contributed by atoms with Gasteiger partial charge in [0.2, 0.25) is 10.0 Å². The fraction of sp³-hybridized carbons (Fsp3) is 0.333. The topological polar surface area (TPSA) is 163 Å². The van der Waals surface area contributed by atoms with Crippen LogP contribution in [-0.2, 0) is 25.9 Å². The van der Waals surface area contributed by atoms with Gasteiger partial charge in [-0.1, -0.05) is 43.5 Å². The Morgan fingerprint density at radius 2 is 1.69 bits per heavy atom. The molecule has 0 aliphatic heterocycles. The zero-order valence-corrected chi connectivity index (χ0v) is 21.3. The third kappa shape index (κ3) is 5.51. The molecule has 0 heterocycles. The first-order valence-corrected chi connectivity index (χ1v) is 14.5. The molecule has 0 unspecified atom stereocenters. The molecule has 1 aliphatic rings. The molecule has 0 aromatic heterocycles. The van der Waals surface area contributed by atoms with E-state index in [-0.39, 0.29) is 33.9 Å². The van der Waals surface area contributed by atoms with E-state index in [2.05, 4.69) is 10.2 Å². The Kier molecular flexibility index (Phi) is 7.32. The van der Waals surface area contributed by atoms with Gasteiger partial charge in [-0.25, -0.2) is 12.7 Å². The van der Waals surface area contributed by atoms with Crippen molar-refractivity contribution in [2.75, 3.05) is 12.8 Å². The van der Waals surface area contributed by atoms with Crippen molar-refractivity contribution in [2.45, 2.75) is 48.8 Å². The van der Waals surface area contributed by atoms with E-state index in [0.717, 1.165) is 38.2 Å². The maximum Gasteiger partial charge on any atom is 0.294 e. The molecule has 4 N–H and O–H groups in total. The van der Waals surface area contributed by atoms with Crippen molar-refractivity contribution in [3.63, 3.8) is 0 Å². The van der Waals surface area contributed by atoms with Crippen LogP contribution in [0.3, 0.4) is 0 Å². The van der Waals surface area contributed by atoms with Crippen molar-refractivity contribution in [2.24, 2.45) is 10.2 Å². The molecule has 3 aromatic carbocycles. The predicted molar refractivity (Wildman–Crippen MR) is 138 cm³/mol. The number of sulfonamides is 1. The number of benzene rings is 3. The van der Waals surface area contributed by atoms with Crippen molar-refractivity contribution in [1.29, 1.82) is 0 Å². The van der Waals surface area contributed by atoms with Gasteiger partial charge in [0.25, 0.3) is 10.1 Å². The van der Waals surface area contributed by atoms with Crippen LogP contribution in [-0.4, -0.2) is 43.9 Å². The van der Waals surface area contributed by atoms with Crippen LogP contribution in [0.2, 0.25) is 0 Å². The number of azo groups is 1. The summed E-state index contributed by atoms with van der Waals surface area (Å²) in [5.74, 6) is -0.699. The fourth-order valence-electron chi connectivity index (χ4n) is 4.48. The van der Waals surface area contributed by atoms with Crippen LogP contribution < -0.4 is 5.73 Å². The van der Waals surface area contributed by atoms with E-state index >= 15 is 0 Å². The number of anilines is 1. The van der Waals surface area contributed by atoms with E-state index in [1.54, 1.807) is 31.3 Å². The van der Waals surface area contributed by atoms with Crippen LogP contribution in [0, 0.1) is 0 Å². The van der Waals surface area contributed by atoms with Gasteiger partial charge in [0.05, 0.1) is 27.4 Å². The van der Waals surface area contributed by atoms with E-state index in [4.69, 9.17) is 5.73 Å². The maximum atomic E-state index is 13.1. The molecule has 0 spiro atoms. The van der Waals surface area contributed by atoms with Gasteiger partial charge in [0.15, 0.2) is 0 Å². The molecule has 36 heavy (non-hydrogen) atoms. The molecule has 0 bridgehead atoms. The summed E-state index contributed by atoms with van der Waals surface area (Å²) in [4.78, 5) is -0.474. The first kappa shape index (κ1) is 26.0. The normalized spacial score (nSPS) is 15.8.